The zero-order valence-electron chi connectivity index (χ0n) is 11.1. The summed E-state index contributed by atoms with van der Waals surface area (Å²) in [5.74, 6) is 0.938. The molecule has 3 nitrogen and oxygen atoms in total. The number of benzene rings is 1. The van der Waals surface area contributed by atoms with Gasteiger partial charge in [-0.25, -0.2) is 0 Å². The van der Waals surface area contributed by atoms with Crippen LogP contribution in [0.3, 0.4) is 0 Å². The van der Waals surface area contributed by atoms with E-state index in [0.29, 0.717) is 13.2 Å². The Morgan fingerprint density at radius 3 is 2.58 bits per heavy atom. The second-order valence-electron chi connectivity index (χ2n) is 4.15. The second kappa shape index (κ2) is 6.95. The maximum Gasteiger partial charge on any atom is 0.151 e. The lowest BCUT2D eigenvalue weighted by Gasteiger charge is -2.10. The maximum atomic E-state index is 5.71. The van der Waals surface area contributed by atoms with Crippen LogP contribution in [0.5, 0.6) is 5.75 Å². The Kier molecular flexibility index (Phi) is 4.98. The van der Waals surface area contributed by atoms with E-state index < -0.39 is 0 Å². The van der Waals surface area contributed by atoms with E-state index in [-0.39, 0.29) is 0 Å². The average molecular weight is 275 g/mol. The molecule has 0 bridgehead atoms. The van der Waals surface area contributed by atoms with Gasteiger partial charge in [-0.05, 0) is 36.4 Å². The Morgan fingerprint density at radius 2 is 1.89 bits per heavy atom. The number of thiophene rings is 1. The monoisotopic (exact) mass is 275 g/mol. The summed E-state index contributed by atoms with van der Waals surface area (Å²) in [6.07, 6.45) is 1.71. The smallest absolute Gasteiger partial charge is 0.151 e. The third kappa shape index (κ3) is 4.10. The zero-order chi connectivity index (χ0) is 13.5. The van der Waals surface area contributed by atoms with Gasteiger partial charge in [0, 0.05) is 4.88 Å². The van der Waals surface area contributed by atoms with E-state index in [0.717, 1.165) is 21.8 Å². The third-order valence-corrected chi connectivity index (χ3v) is 3.43. The number of oxime groups is 1. The first kappa shape index (κ1) is 13.6. The van der Waals surface area contributed by atoms with Crippen LogP contribution in [0.15, 0.2) is 40.9 Å². The van der Waals surface area contributed by atoms with Crippen molar-refractivity contribution in [3.05, 3.63) is 51.7 Å². The van der Waals surface area contributed by atoms with Crippen molar-refractivity contribution in [2.24, 2.45) is 5.16 Å². The third-order valence-electron chi connectivity index (χ3n) is 2.63. The summed E-state index contributed by atoms with van der Waals surface area (Å²) in [4.78, 5) is 6.24. The van der Waals surface area contributed by atoms with Crippen molar-refractivity contribution in [2.45, 2.75) is 13.8 Å². The molecule has 2 rings (SSSR count). The van der Waals surface area contributed by atoms with Gasteiger partial charge in [0.25, 0.3) is 0 Å². The molecule has 0 radical (unpaired) electrons. The first-order valence-electron chi connectivity index (χ1n) is 6.15. The number of hydrogen-bond acceptors (Lipinski definition) is 4. The molecule has 0 amide bonds. The predicted octanol–water partition coefficient (Wildman–Crippen LogP) is 3.79. The lowest BCUT2D eigenvalue weighted by molar-refractivity contribution is 0.108. The minimum Gasteiger partial charge on any atom is -0.489 e. The number of aryl methyl sites for hydroxylation is 2. The van der Waals surface area contributed by atoms with E-state index >= 15 is 0 Å². The molecule has 0 spiro atoms. The Hall–Kier alpha value is -1.81. The zero-order valence-corrected chi connectivity index (χ0v) is 11.9. The Labute approximate surface area is 117 Å². The van der Waals surface area contributed by atoms with E-state index in [2.05, 4.69) is 5.16 Å². The first-order chi connectivity index (χ1) is 9.27. The highest BCUT2D eigenvalue weighted by Crippen LogP contribution is 2.21. The van der Waals surface area contributed by atoms with Crippen molar-refractivity contribution in [3.63, 3.8) is 0 Å². The van der Waals surface area contributed by atoms with Crippen LogP contribution in [0.1, 0.15) is 16.0 Å². The number of nitrogens with zero attached hydrogens (tertiary/aromatic N) is 1. The number of ether oxygens (including phenoxy) is 1. The molecule has 0 saturated carbocycles. The number of rotatable bonds is 6. The molecular weight excluding hydrogens is 258 g/mol. The summed E-state index contributed by atoms with van der Waals surface area (Å²) < 4.78 is 5.71. The molecule has 19 heavy (non-hydrogen) atoms. The Balaban J connectivity index is 1.72. The first-order valence-corrected chi connectivity index (χ1v) is 7.03. The highest BCUT2D eigenvalue weighted by Gasteiger charge is 2.02. The van der Waals surface area contributed by atoms with Crippen molar-refractivity contribution < 1.29 is 9.57 Å². The van der Waals surface area contributed by atoms with Crippen LogP contribution in [0.2, 0.25) is 0 Å². The van der Waals surface area contributed by atoms with Gasteiger partial charge in [0.1, 0.15) is 12.4 Å². The molecule has 0 aliphatic heterocycles. The summed E-state index contributed by atoms with van der Waals surface area (Å²) >= 11 is 1.63. The summed E-state index contributed by atoms with van der Waals surface area (Å²) in [6, 6.07) is 10.1. The van der Waals surface area contributed by atoms with E-state index in [1.54, 1.807) is 17.6 Å². The van der Waals surface area contributed by atoms with Crippen molar-refractivity contribution in [1.29, 1.82) is 0 Å². The quantitative estimate of drug-likeness (QED) is 0.456. The largest absolute Gasteiger partial charge is 0.489 e. The molecule has 4 heteroatoms. The molecular formula is C15H17NO2S. The van der Waals surface area contributed by atoms with Crippen LogP contribution in [0.4, 0.5) is 0 Å². The summed E-state index contributed by atoms with van der Waals surface area (Å²) in [5.41, 5.74) is 2.28. The van der Waals surface area contributed by atoms with Crippen molar-refractivity contribution in [2.75, 3.05) is 13.2 Å². The fourth-order valence-electron chi connectivity index (χ4n) is 1.71. The lowest BCUT2D eigenvalue weighted by atomic mass is 10.1. The second-order valence-corrected chi connectivity index (χ2v) is 5.13. The SMILES string of the molecule is Cc1cccc(C)c1OCCON=Cc1cccs1. The summed E-state index contributed by atoms with van der Waals surface area (Å²) in [6.45, 7) is 5.01. The molecule has 2 aromatic rings. The topological polar surface area (TPSA) is 30.8 Å². The van der Waals surface area contributed by atoms with Crippen LogP contribution in [0.25, 0.3) is 0 Å². The lowest BCUT2D eigenvalue weighted by Crippen LogP contribution is -2.06. The molecule has 100 valence electrons. The van der Waals surface area contributed by atoms with Crippen molar-refractivity contribution in [1.82, 2.24) is 0 Å². The average Bonchev–Trinajstić information content (AvgIpc) is 2.89. The predicted molar refractivity (Wildman–Crippen MR) is 79.3 cm³/mol. The molecule has 0 saturated heterocycles. The highest BCUT2D eigenvalue weighted by molar-refractivity contribution is 7.11. The molecule has 1 aromatic carbocycles. The number of hydrogen-bond donors (Lipinski definition) is 0. The van der Waals surface area contributed by atoms with Gasteiger partial charge in [-0.3, -0.25) is 0 Å². The van der Waals surface area contributed by atoms with Crippen LogP contribution in [-0.2, 0) is 4.84 Å². The molecule has 0 aliphatic rings. The van der Waals surface area contributed by atoms with Gasteiger partial charge < -0.3 is 9.57 Å². The number of para-hydroxylation sites is 1. The summed E-state index contributed by atoms with van der Waals surface area (Å²) in [7, 11) is 0. The normalized spacial score (nSPS) is 10.8. The Morgan fingerprint density at radius 1 is 1.11 bits per heavy atom. The van der Waals surface area contributed by atoms with Gasteiger partial charge in [0.15, 0.2) is 6.61 Å². The van der Waals surface area contributed by atoms with Crippen LogP contribution >= 0.6 is 11.3 Å². The fourth-order valence-corrected chi connectivity index (χ4v) is 2.29. The van der Waals surface area contributed by atoms with Gasteiger partial charge >= 0.3 is 0 Å². The fraction of sp³-hybridized carbons (Fsp3) is 0.267. The molecule has 1 heterocycles. The molecule has 1 aromatic heterocycles. The molecule has 0 N–H and O–H groups in total. The maximum absolute atomic E-state index is 5.71. The minimum atomic E-state index is 0.440. The molecule has 0 aliphatic carbocycles. The summed E-state index contributed by atoms with van der Waals surface area (Å²) in [5, 5.41) is 5.90. The van der Waals surface area contributed by atoms with Crippen LogP contribution in [-0.4, -0.2) is 19.4 Å². The van der Waals surface area contributed by atoms with Gasteiger partial charge in [0.05, 0.1) is 6.21 Å². The molecule has 0 unspecified atom stereocenters. The van der Waals surface area contributed by atoms with E-state index in [9.17, 15) is 0 Å². The van der Waals surface area contributed by atoms with Crippen molar-refractivity contribution >= 4 is 17.6 Å². The Bertz CT molecular complexity index is 515. The van der Waals surface area contributed by atoms with Gasteiger partial charge in [0.2, 0.25) is 0 Å². The highest BCUT2D eigenvalue weighted by atomic mass is 32.1. The standard InChI is InChI=1S/C15H17NO2S/c1-12-5-3-6-13(2)15(12)17-8-9-18-16-11-14-7-4-10-19-14/h3-7,10-11H,8-9H2,1-2H3. The van der Waals surface area contributed by atoms with Gasteiger partial charge in [-0.1, -0.05) is 29.4 Å². The van der Waals surface area contributed by atoms with Gasteiger partial charge in [-0.2, -0.15) is 0 Å². The molecule has 0 atom stereocenters. The van der Waals surface area contributed by atoms with Crippen molar-refractivity contribution in [3.8, 4) is 5.75 Å². The van der Waals surface area contributed by atoms with Gasteiger partial charge in [-0.15, -0.1) is 11.3 Å². The molecule has 0 fully saturated rings. The van der Waals surface area contributed by atoms with Crippen LogP contribution < -0.4 is 4.74 Å². The van der Waals surface area contributed by atoms with E-state index in [1.807, 2.05) is 49.6 Å². The van der Waals surface area contributed by atoms with E-state index in [1.165, 1.54) is 0 Å². The van der Waals surface area contributed by atoms with Crippen LogP contribution in [0, 0.1) is 13.8 Å². The minimum absolute atomic E-state index is 0.440. The van der Waals surface area contributed by atoms with E-state index in [4.69, 9.17) is 9.57 Å².